The SMILES string of the molecule is COc1ccc(NC(=O)CCC(=O)NN=Cc2c(C)nn(-c3ccccc3)c2Cl)cc1. The van der Waals surface area contributed by atoms with Crippen LogP contribution in [0.4, 0.5) is 5.69 Å². The predicted octanol–water partition coefficient (Wildman–Crippen LogP) is 3.71. The highest BCUT2D eigenvalue weighted by Crippen LogP contribution is 2.21. The second kappa shape index (κ2) is 10.4. The predicted molar refractivity (Wildman–Crippen MR) is 120 cm³/mol. The van der Waals surface area contributed by atoms with Crippen LogP contribution < -0.4 is 15.5 Å². The Kier molecular flexibility index (Phi) is 7.40. The Bertz CT molecular complexity index is 1080. The molecule has 1 aromatic heterocycles. The summed E-state index contributed by atoms with van der Waals surface area (Å²) in [4.78, 5) is 24.0. The van der Waals surface area contributed by atoms with Crippen molar-refractivity contribution in [3.05, 3.63) is 71.0 Å². The molecule has 0 bridgehead atoms. The van der Waals surface area contributed by atoms with Crippen molar-refractivity contribution in [2.24, 2.45) is 5.10 Å². The van der Waals surface area contributed by atoms with Crippen LogP contribution in [0.3, 0.4) is 0 Å². The number of anilines is 1. The van der Waals surface area contributed by atoms with E-state index < -0.39 is 0 Å². The lowest BCUT2D eigenvalue weighted by molar-refractivity contribution is -0.124. The normalized spacial score (nSPS) is 10.8. The van der Waals surface area contributed by atoms with Crippen molar-refractivity contribution in [1.82, 2.24) is 15.2 Å². The van der Waals surface area contributed by atoms with Gasteiger partial charge in [0, 0.05) is 18.5 Å². The molecule has 0 unspecified atom stereocenters. The van der Waals surface area contributed by atoms with Gasteiger partial charge in [0.1, 0.15) is 10.9 Å². The highest BCUT2D eigenvalue weighted by atomic mass is 35.5. The van der Waals surface area contributed by atoms with Crippen molar-refractivity contribution in [2.45, 2.75) is 19.8 Å². The molecule has 0 radical (unpaired) electrons. The third-order valence-electron chi connectivity index (χ3n) is 4.38. The summed E-state index contributed by atoms with van der Waals surface area (Å²) in [5.41, 5.74) is 5.13. The molecular weight excluding hydrogens is 418 g/mol. The molecule has 3 aromatic rings. The molecule has 2 aromatic carbocycles. The van der Waals surface area contributed by atoms with Crippen molar-refractivity contribution in [3.63, 3.8) is 0 Å². The van der Waals surface area contributed by atoms with Gasteiger partial charge in [-0.3, -0.25) is 9.59 Å². The first kappa shape index (κ1) is 22.0. The lowest BCUT2D eigenvalue weighted by Gasteiger charge is -2.06. The van der Waals surface area contributed by atoms with Crippen molar-refractivity contribution in [2.75, 3.05) is 12.4 Å². The minimum absolute atomic E-state index is 0.00464. The van der Waals surface area contributed by atoms with Crippen LogP contribution in [0, 0.1) is 6.92 Å². The number of hydrazone groups is 1. The van der Waals surface area contributed by atoms with Gasteiger partial charge in [-0.05, 0) is 43.3 Å². The van der Waals surface area contributed by atoms with Gasteiger partial charge in [0.15, 0.2) is 0 Å². The molecule has 0 aliphatic carbocycles. The number of nitrogens with one attached hydrogen (secondary N) is 2. The van der Waals surface area contributed by atoms with Crippen molar-refractivity contribution >= 4 is 35.3 Å². The van der Waals surface area contributed by atoms with E-state index in [0.717, 1.165) is 5.69 Å². The number of rotatable bonds is 8. The van der Waals surface area contributed by atoms with Gasteiger partial charge in [0.2, 0.25) is 11.8 Å². The Morgan fingerprint density at radius 2 is 1.77 bits per heavy atom. The molecule has 2 N–H and O–H groups in total. The fourth-order valence-electron chi connectivity index (χ4n) is 2.75. The van der Waals surface area contributed by atoms with E-state index in [1.165, 1.54) is 6.21 Å². The van der Waals surface area contributed by atoms with Crippen LogP contribution in [0.15, 0.2) is 59.7 Å². The number of amides is 2. The molecule has 0 saturated heterocycles. The zero-order valence-corrected chi connectivity index (χ0v) is 17.9. The van der Waals surface area contributed by atoms with Gasteiger partial charge in [0.25, 0.3) is 0 Å². The van der Waals surface area contributed by atoms with Gasteiger partial charge in [-0.15, -0.1) is 0 Å². The molecule has 2 amide bonds. The number of aromatic nitrogens is 2. The largest absolute Gasteiger partial charge is 0.497 e. The van der Waals surface area contributed by atoms with E-state index in [-0.39, 0.29) is 24.7 Å². The molecule has 0 saturated carbocycles. The summed E-state index contributed by atoms with van der Waals surface area (Å²) in [6.07, 6.45) is 1.47. The Morgan fingerprint density at radius 3 is 2.45 bits per heavy atom. The number of hydrogen-bond donors (Lipinski definition) is 2. The first-order valence-corrected chi connectivity index (χ1v) is 9.92. The maximum Gasteiger partial charge on any atom is 0.240 e. The third kappa shape index (κ3) is 5.93. The molecule has 0 atom stereocenters. The fraction of sp³-hybridized carbons (Fsp3) is 0.182. The monoisotopic (exact) mass is 439 g/mol. The Balaban J connectivity index is 1.50. The van der Waals surface area contributed by atoms with Crippen molar-refractivity contribution < 1.29 is 14.3 Å². The van der Waals surface area contributed by atoms with Gasteiger partial charge >= 0.3 is 0 Å². The Labute approximate surface area is 184 Å². The lowest BCUT2D eigenvalue weighted by Crippen LogP contribution is -2.20. The average molecular weight is 440 g/mol. The summed E-state index contributed by atoms with van der Waals surface area (Å²) < 4.78 is 6.67. The smallest absolute Gasteiger partial charge is 0.240 e. The van der Waals surface area contributed by atoms with E-state index in [2.05, 4.69) is 20.9 Å². The molecule has 160 valence electrons. The molecule has 31 heavy (non-hydrogen) atoms. The molecule has 0 aliphatic heterocycles. The fourth-order valence-corrected chi connectivity index (χ4v) is 3.07. The number of aryl methyl sites for hydroxylation is 1. The minimum Gasteiger partial charge on any atom is -0.497 e. The minimum atomic E-state index is -0.384. The molecule has 3 rings (SSSR count). The average Bonchev–Trinajstić information content (AvgIpc) is 3.07. The summed E-state index contributed by atoms with van der Waals surface area (Å²) >= 11 is 6.41. The number of methoxy groups -OCH3 is 1. The summed E-state index contributed by atoms with van der Waals surface area (Å²) in [7, 11) is 1.57. The van der Waals surface area contributed by atoms with Gasteiger partial charge < -0.3 is 10.1 Å². The van der Waals surface area contributed by atoms with Crippen LogP contribution in [0.25, 0.3) is 5.69 Å². The van der Waals surface area contributed by atoms with Gasteiger partial charge in [0.05, 0.1) is 30.3 Å². The molecule has 0 fully saturated rings. The second-order valence-electron chi connectivity index (χ2n) is 6.61. The zero-order chi connectivity index (χ0) is 22.2. The quantitative estimate of drug-likeness (QED) is 0.413. The number of halogens is 1. The zero-order valence-electron chi connectivity index (χ0n) is 17.1. The van der Waals surface area contributed by atoms with Crippen LogP contribution in [-0.2, 0) is 9.59 Å². The number of ether oxygens (including phenoxy) is 1. The first-order valence-electron chi connectivity index (χ1n) is 9.54. The molecule has 0 aliphatic rings. The maximum absolute atomic E-state index is 12.0. The summed E-state index contributed by atoms with van der Waals surface area (Å²) in [5.74, 6) is 0.0394. The van der Waals surface area contributed by atoms with Crippen LogP contribution in [0.5, 0.6) is 5.75 Å². The number of benzene rings is 2. The van der Waals surface area contributed by atoms with E-state index >= 15 is 0 Å². The van der Waals surface area contributed by atoms with Crippen LogP contribution >= 0.6 is 11.6 Å². The topological polar surface area (TPSA) is 97.6 Å². The second-order valence-corrected chi connectivity index (χ2v) is 6.97. The molecule has 9 heteroatoms. The van der Waals surface area contributed by atoms with Crippen LogP contribution in [-0.4, -0.2) is 34.9 Å². The number of carbonyl (C=O) groups is 2. The first-order chi connectivity index (χ1) is 15.0. The highest BCUT2D eigenvalue weighted by Gasteiger charge is 2.13. The Morgan fingerprint density at radius 1 is 1.10 bits per heavy atom. The van der Waals surface area contributed by atoms with E-state index in [4.69, 9.17) is 16.3 Å². The van der Waals surface area contributed by atoms with Gasteiger partial charge in [-0.2, -0.15) is 10.2 Å². The standard InChI is InChI=1S/C22H22ClN5O3/c1-15-19(22(23)28(27-15)17-6-4-3-5-7-17)14-24-26-21(30)13-12-20(29)25-16-8-10-18(31-2)11-9-16/h3-11,14H,12-13H2,1-2H3,(H,25,29)(H,26,30). The maximum atomic E-state index is 12.0. The highest BCUT2D eigenvalue weighted by molar-refractivity contribution is 6.32. The summed E-state index contributed by atoms with van der Waals surface area (Å²) in [6.45, 7) is 1.80. The number of para-hydroxylation sites is 1. The third-order valence-corrected chi connectivity index (χ3v) is 4.75. The van der Waals surface area contributed by atoms with Crippen LogP contribution in [0.2, 0.25) is 5.15 Å². The van der Waals surface area contributed by atoms with Gasteiger partial charge in [-0.25, -0.2) is 10.1 Å². The van der Waals surface area contributed by atoms with Crippen molar-refractivity contribution in [3.8, 4) is 11.4 Å². The van der Waals surface area contributed by atoms with E-state index in [9.17, 15) is 9.59 Å². The molecule has 1 heterocycles. The van der Waals surface area contributed by atoms with Crippen molar-refractivity contribution in [1.29, 1.82) is 0 Å². The molecular formula is C22H22ClN5O3. The molecule has 0 spiro atoms. The van der Waals surface area contributed by atoms with Gasteiger partial charge in [-0.1, -0.05) is 29.8 Å². The summed E-state index contributed by atoms with van der Waals surface area (Å²) in [5, 5.41) is 11.5. The number of hydrogen-bond acceptors (Lipinski definition) is 5. The van der Waals surface area contributed by atoms with E-state index in [1.807, 2.05) is 30.3 Å². The summed E-state index contributed by atoms with van der Waals surface area (Å²) in [6, 6.07) is 16.4. The number of nitrogens with zero attached hydrogens (tertiary/aromatic N) is 3. The van der Waals surface area contributed by atoms with E-state index in [0.29, 0.717) is 27.8 Å². The molecule has 8 nitrogen and oxygen atoms in total. The number of carbonyl (C=O) groups excluding carboxylic acids is 2. The Hall–Kier alpha value is -3.65. The van der Waals surface area contributed by atoms with E-state index in [1.54, 1.807) is 43.0 Å². The van der Waals surface area contributed by atoms with Crippen LogP contribution in [0.1, 0.15) is 24.1 Å². The lowest BCUT2D eigenvalue weighted by atomic mass is 10.2.